The molecule has 1 amide bonds. The minimum Gasteiger partial charge on any atom is -0.353 e. The number of rotatable bonds is 4. The number of fused-ring (bicyclic) bond motifs is 1. The SMILES string of the molecule is CC(C)c1cc(C(=O)N2CCN(c3ccc(Cl)cn3)CC2)c2cnn(C(C)C)c2n1. The van der Waals surface area contributed by atoms with Crippen molar-refractivity contribution in [2.45, 2.75) is 39.7 Å². The van der Waals surface area contributed by atoms with E-state index in [0.29, 0.717) is 23.7 Å². The average Bonchev–Trinajstić information content (AvgIpc) is 3.17. The summed E-state index contributed by atoms with van der Waals surface area (Å²) in [5.41, 5.74) is 2.38. The molecular weight excluding hydrogens is 400 g/mol. The maximum absolute atomic E-state index is 13.5. The Labute approximate surface area is 181 Å². The predicted molar refractivity (Wildman–Crippen MR) is 119 cm³/mol. The number of anilines is 1. The van der Waals surface area contributed by atoms with Gasteiger partial charge < -0.3 is 9.80 Å². The van der Waals surface area contributed by atoms with Gasteiger partial charge in [-0.3, -0.25) is 4.79 Å². The lowest BCUT2D eigenvalue weighted by atomic mass is 10.0. The van der Waals surface area contributed by atoms with Crippen LogP contribution in [0.1, 0.15) is 55.7 Å². The summed E-state index contributed by atoms with van der Waals surface area (Å²) >= 11 is 5.94. The molecule has 4 heterocycles. The van der Waals surface area contributed by atoms with Crippen LogP contribution in [-0.2, 0) is 0 Å². The van der Waals surface area contributed by atoms with Gasteiger partial charge in [0, 0.05) is 44.1 Å². The van der Waals surface area contributed by atoms with Crippen LogP contribution in [0.3, 0.4) is 0 Å². The normalized spacial score (nSPS) is 14.9. The van der Waals surface area contributed by atoms with E-state index in [1.807, 2.05) is 27.8 Å². The van der Waals surface area contributed by atoms with Gasteiger partial charge in [-0.1, -0.05) is 25.4 Å². The van der Waals surface area contributed by atoms with Crippen molar-refractivity contribution < 1.29 is 4.79 Å². The van der Waals surface area contributed by atoms with E-state index >= 15 is 0 Å². The summed E-state index contributed by atoms with van der Waals surface area (Å²) in [6.45, 7) is 11.1. The van der Waals surface area contributed by atoms with Crippen LogP contribution in [0.25, 0.3) is 11.0 Å². The molecule has 1 saturated heterocycles. The third-order valence-corrected chi connectivity index (χ3v) is 5.72. The second-order valence-corrected chi connectivity index (χ2v) is 8.72. The van der Waals surface area contributed by atoms with Crippen LogP contribution in [0.5, 0.6) is 0 Å². The third-order valence-electron chi connectivity index (χ3n) is 5.50. The van der Waals surface area contributed by atoms with Crippen LogP contribution in [-0.4, -0.2) is 56.7 Å². The second-order valence-electron chi connectivity index (χ2n) is 8.28. The summed E-state index contributed by atoms with van der Waals surface area (Å²) in [6.07, 6.45) is 3.43. The van der Waals surface area contributed by atoms with Gasteiger partial charge in [0.1, 0.15) is 5.82 Å². The summed E-state index contributed by atoms with van der Waals surface area (Å²) in [7, 11) is 0. The molecule has 0 saturated carbocycles. The molecule has 30 heavy (non-hydrogen) atoms. The van der Waals surface area contributed by atoms with Gasteiger partial charge in [-0.05, 0) is 38.0 Å². The number of carbonyl (C=O) groups excluding carboxylic acids is 1. The topological polar surface area (TPSA) is 67.2 Å². The van der Waals surface area contributed by atoms with Gasteiger partial charge in [-0.25, -0.2) is 14.6 Å². The largest absolute Gasteiger partial charge is 0.353 e. The number of hydrogen-bond acceptors (Lipinski definition) is 5. The first kappa shape index (κ1) is 20.6. The first-order valence-corrected chi connectivity index (χ1v) is 10.8. The van der Waals surface area contributed by atoms with Gasteiger partial charge in [0.15, 0.2) is 5.65 Å². The van der Waals surface area contributed by atoms with Gasteiger partial charge >= 0.3 is 0 Å². The zero-order valence-electron chi connectivity index (χ0n) is 17.8. The predicted octanol–water partition coefficient (Wildman–Crippen LogP) is 4.15. The van der Waals surface area contributed by atoms with E-state index in [2.05, 4.69) is 42.7 Å². The van der Waals surface area contributed by atoms with Crippen molar-refractivity contribution in [3.8, 4) is 0 Å². The van der Waals surface area contributed by atoms with Crippen molar-refractivity contribution in [1.82, 2.24) is 24.6 Å². The molecule has 0 radical (unpaired) electrons. The fourth-order valence-electron chi connectivity index (χ4n) is 3.75. The number of pyridine rings is 2. The Morgan fingerprint density at radius 3 is 2.40 bits per heavy atom. The smallest absolute Gasteiger partial charge is 0.254 e. The van der Waals surface area contributed by atoms with Crippen molar-refractivity contribution in [1.29, 1.82) is 0 Å². The molecule has 1 fully saturated rings. The molecule has 8 heteroatoms. The fraction of sp³-hybridized carbons (Fsp3) is 0.455. The third kappa shape index (κ3) is 3.86. The molecule has 1 aliphatic rings. The minimum atomic E-state index is 0.0383. The van der Waals surface area contributed by atoms with Crippen molar-refractivity contribution in [3.63, 3.8) is 0 Å². The number of carbonyl (C=O) groups is 1. The highest BCUT2D eigenvalue weighted by Gasteiger charge is 2.26. The zero-order valence-corrected chi connectivity index (χ0v) is 18.6. The highest BCUT2D eigenvalue weighted by atomic mass is 35.5. The van der Waals surface area contributed by atoms with E-state index in [-0.39, 0.29) is 17.9 Å². The average molecular weight is 427 g/mol. The summed E-state index contributed by atoms with van der Waals surface area (Å²) in [6, 6.07) is 5.88. The van der Waals surface area contributed by atoms with Crippen molar-refractivity contribution in [2.24, 2.45) is 0 Å². The minimum absolute atomic E-state index is 0.0383. The number of aromatic nitrogens is 4. The van der Waals surface area contributed by atoms with E-state index in [4.69, 9.17) is 16.6 Å². The summed E-state index contributed by atoms with van der Waals surface area (Å²) in [4.78, 5) is 26.8. The van der Waals surface area contributed by atoms with Crippen LogP contribution < -0.4 is 4.90 Å². The van der Waals surface area contributed by atoms with E-state index in [1.54, 1.807) is 12.4 Å². The molecule has 0 N–H and O–H groups in total. The van der Waals surface area contributed by atoms with Gasteiger partial charge in [0.2, 0.25) is 0 Å². The highest BCUT2D eigenvalue weighted by molar-refractivity contribution is 6.30. The number of halogens is 1. The van der Waals surface area contributed by atoms with Gasteiger partial charge in [0.05, 0.1) is 22.2 Å². The molecule has 0 atom stereocenters. The van der Waals surface area contributed by atoms with Gasteiger partial charge in [-0.15, -0.1) is 0 Å². The summed E-state index contributed by atoms with van der Waals surface area (Å²) in [5.74, 6) is 1.15. The van der Waals surface area contributed by atoms with E-state index in [1.165, 1.54) is 0 Å². The molecule has 1 aliphatic heterocycles. The Balaban J connectivity index is 1.59. The number of hydrogen-bond donors (Lipinski definition) is 0. The number of piperazine rings is 1. The molecule has 4 rings (SSSR count). The van der Waals surface area contributed by atoms with Gasteiger partial charge in [0.25, 0.3) is 5.91 Å². The van der Waals surface area contributed by atoms with Crippen LogP contribution in [0.4, 0.5) is 5.82 Å². The molecular formula is C22H27ClN6O. The zero-order chi connectivity index (χ0) is 21.4. The molecule has 0 aromatic carbocycles. The summed E-state index contributed by atoms with van der Waals surface area (Å²) < 4.78 is 1.89. The Hall–Kier alpha value is -2.67. The van der Waals surface area contributed by atoms with E-state index in [0.717, 1.165) is 35.6 Å². The fourth-order valence-corrected chi connectivity index (χ4v) is 3.86. The second kappa shape index (κ2) is 8.22. The summed E-state index contributed by atoms with van der Waals surface area (Å²) in [5, 5.41) is 5.94. The van der Waals surface area contributed by atoms with Crippen LogP contribution >= 0.6 is 11.6 Å². The standard InChI is InChI=1S/C22H27ClN6O/c1-14(2)19-11-17(18-13-25-29(15(3)4)21(18)26-19)22(30)28-9-7-27(8-10-28)20-6-5-16(23)12-24-20/h5-6,11-15H,7-10H2,1-4H3. The lowest BCUT2D eigenvalue weighted by molar-refractivity contribution is 0.0748. The maximum atomic E-state index is 13.5. The number of nitrogens with zero attached hydrogens (tertiary/aromatic N) is 6. The number of amides is 1. The molecule has 3 aromatic heterocycles. The Morgan fingerprint density at radius 2 is 1.80 bits per heavy atom. The quantitative estimate of drug-likeness (QED) is 0.627. The first-order valence-electron chi connectivity index (χ1n) is 10.4. The monoisotopic (exact) mass is 426 g/mol. The van der Waals surface area contributed by atoms with E-state index in [9.17, 15) is 4.79 Å². The lowest BCUT2D eigenvalue weighted by Crippen LogP contribution is -2.49. The first-order chi connectivity index (χ1) is 14.3. The Kier molecular flexibility index (Phi) is 5.64. The van der Waals surface area contributed by atoms with Crippen LogP contribution in [0.2, 0.25) is 5.02 Å². The molecule has 3 aromatic rings. The molecule has 0 aliphatic carbocycles. The maximum Gasteiger partial charge on any atom is 0.254 e. The van der Waals surface area contributed by atoms with Crippen molar-refractivity contribution in [2.75, 3.05) is 31.1 Å². The molecule has 0 spiro atoms. The van der Waals surface area contributed by atoms with Crippen LogP contribution in [0, 0.1) is 0 Å². The Morgan fingerprint density at radius 1 is 1.07 bits per heavy atom. The molecule has 0 bridgehead atoms. The van der Waals surface area contributed by atoms with E-state index < -0.39 is 0 Å². The highest BCUT2D eigenvalue weighted by Crippen LogP contribution is 2.26. The lowest BCUT2D eigenvalue weighted by Gasteiger charge is -2.35. The Bertz CT molecular complexity index is 1050. The molecule has 158 valence electrons. The molecule has 7 nitrogen and oxygen atoms in total. The van der Waals surface area contributed by atoms with Gasteiger partial charge in [-0.2, -0.15) is 5.10 Å². The van der Waals surface area contributed by atoms with Crippen molar-refractivity contribution >= 4 is 34.4 Å². The molecule has 0 unspecified atom stereocenters. The van der Waals surface area contributed by atoms with Crippen LogP contribution in [0.15, 0.2) is 30.6 Å². The van der Waals surface area contributed by atoms with Crippen molar-refractivity contribution in [3.05, 3.63) is 46.9 Å².